The molecule has 1 aromatic rings. The van der Waals surface area contributed by atoms with Crippen molar-refractivity contribution in [2.24, 2.45) is 0 Å². The average molecular weight is 274 g/mol. The largest absolute Gasteiger partial charge is 0.443 e. The van der Waals surface area contributed by atoms with E-state index in [0.29, 0.717) is 6.54 Å². The molecule has 20 heavy (non-hydrogen) atoms. The van der Waals surface area contributed by atoms with Crippen LogP contribution >= 0.6 is 0 Å². The van der Waals surface area contributed by atoms with Crippen molar-refractivity contribution in [3.63, 3.8) is 0 Å². The van der Waals surface area contributed by atoms with Crippen molar-refractivity contribution in [2.45, 2.75) is 39.2 Å². The van der Waals surface area contributed by atoms with Crippen molar-refractivity contribution < 1.29 is 9.53 Å². The van der Waals surface area contributed by atoms with Crippen LogP contribution in [0.3, 0.4) is 0 Å². The molecular weight excluding hydrogens is 252 g/mol. The third-order valence-corrected chi connectivity index (χ3v) is 3.07. The van der Waals surface area contributed by atoms with Gasteiger partial charge in [-0.15, -0.1) is 0 Å². The SMILES string of the molecule is CC(C)(C)OC(=O)N1C=C(c2ccc(N)cc2)CCC1. The fourth-order valence-electron chi connectivity index (χ4n) is 2.14. The first-order valence-electron chi connectivity index (χ1n) is 6.91. The zero-order chi connectivity index (χ0) is 14.8. The number of carbonyl (C=O) groups is 1. The number of hydrogen-bond acceptors (Lipinski definition) is 3. The van der Waals surface area contributed by atoms with Gasteiger partial charge in [-0.1, -0.05) is 12.1 Å². The van der Waals surface area contributed by atoms with E-state index in [1.807, 2.05) is 51.2 Å². The highest BCUT2D eigenvalue weighted by molar-refractivity contribution is 5.75. The first-order chi connectivity index (χ1) is 9.35. The Balaban J connectivity index is 2.15. The van der Waals surface area contributed by atoms with Gasteiger partial charge in [0.2, 0.25) is 0 Å². The summed E-state index contributed by atoms with van der Waals surface area (Å²) in [5, 5.41) is 0. The van der Waals surface area contributed by atoms with Gasteiger partial charge in [-0.05, 0) is 56.9 Å². The molecule has 0 aromatic heterocycles. The zero-order valence-electron chi connectivity index (χ0n) is 12.3. The molecule has 4 heteroatoms. The molecular formula is C16H22N2O2. The highest BCUT2D eigenvalue weighted by Crippen LogP contribution is 2.26. The fraction of sp³-hybridized carbons (Fsp3) is 0.438. The number of nitrogen functional groups attached to an aromatic ring is 1. The van der Waals surface area contributed by atoms with Gasteiger partial charge in [-0.25, -0.2) is 4.79 Å². The maximum atomic E-state index is 12.1. The number of allylic oxidation sites excluding steroid dienone is 1. The third kappa shape index (κ3) is 3.76. The van der Waals surface area contributed by atoms with Gasteiger partial charge in [0, 0.05) is 18.4 Å². The van der Waals surface area contributed by atoms with E-state index >= 15 is 0 Å². The molecule has 0 saturated carbocycles. The van der Waals surface area contributed by atoms with Crippen LogP contribution in [0.2, 0.25) is 0 Å². The first kappa shape index (κ1) is 14.4. The molecule has 2 rings (SSSR count). The van der Waals surface area contributed by atoms with Gasteiger partial charge < -0.3 is 10.5 Å². The summed E-state index contributed by atoms with van der Waals surface area (Å²) >= 11 is 0. The molecule has 1 aliphatic rings. The molecule has 0 bridgehead atoms. The Morgan fingerprint density at radius 2 is 1.90 bits per heavy atom. The minimum Gasteiger partial charge on any atom is -0.443 e. The standard InChI is InChI=1S/C16H22N2O2/c1-16(2,3)20-15(19)18-10-4-5-13(11-18)12-6-8-14(17)9-7-12/h6-9,11H,4-5,10,17H2,1-3H3. The molecule has 0 radical (unpaired) electrons. The maximum absolute atomic E-state index is 12.1. The lowest BCUT2D eigenvalue weighted by Gasteiger charge is -2.28. The van der Waals surface area contributed by atoms with E-state index in [0.717, 1.165) is 29.7 Å². The van der Waals surface area contributed by atoms with E-state index in [9.17, 15) is 4.79 Å². The minimum atomic E-state index is -0.469. The van der Waals surface area contributed by atoms with Gasteiger partial charge in [-0.3, -0.25) is 4.90 Å². The number of amides is 1. The lowest BCUT2D eigenvalue weighted by atomic mass is 9.99. The predicted octanol–water partition coefficient (Wildman–Crippen LogP) is 3.64. The topological polar surface area (TPSA) is 55.6 Å². The van der Waals surface area contributed by atoms with Crippen LogP contribution in [-0.4, -0.2) is 23.1 Å². The highest BCUT2D eigenvalue weighted by Gasteiger charge is 2.23. The highest BCUT2D eigenvalue weighted by atomic mass is 16.6. The van der Waals surface area contributed by atoms with Crippen molar-refractivity contribution in [1.82, 2.24) is 4.90 Å². The summed E-state index contributed by atoms with van der Waals surface area (Å²) in [5.74, 6) is 0. The van der Waals surface area contributed by atoms with E-state index in [1.165, 1.54) is 0 Å². The van der Waals surface area contributed by atoms with E-state index in [4.69, 9.17) is 10.5 Å². The van der Waals surface area contributed by atoms with Crippen LogP contribution in [0.15, 0.2) is 30.5 Å². The quantitative estimate of drug-likeness (QED) is 0.795. The molecule has 0 saturated heterocycles. The van der Waals surface area contributed by atoms with Crippen LogP contribution in [0, 0.1) is 0 Å². The smallest absolute Gasteiger partial charge is 0.414 e. The van der Waals surface area contributed by atoms with Crippen molar-refractivity contribution in [1.29, 1.82) is 0 Å². The summed E-state index contributed by atoms with van der Waals surface area (Å²) in [6.45, 7) is 6.33. The first-order valence-corrected chi connectivity index (χ1v) is 6.91. The van der Waals surface area contributed by atoms with E-state index in [1.54, 1.807) is 4.90 Å². The van der Waals surface area contributed by atoms with Gasteiger partial charge >= 0.3 is 6.09 Å². The Bertz CT molecular complexity index is 512. The van der Waals surface area contributed by atoms with E-state index in [-0.39, 0.29) is 6.09 Å². The number of rotatable bonds is 1. The zero-order valence-corrected chi connectivity index (χ0v) is 12.3. The fourth-order valence-corrected chi connectivity index (χ4v) is 2.14. The lowest BCUT2D eigenvalue weighted by Crippen LogP contribution is -2.35. The Morgan fingerprint density at radius 1 is 1.25 bits per heavy atom. The Kier molecular flexibility index (Phi) is 4.02. The van der Waals surface area contributed by atoms with Gasteiger partial charge in [0.15, 0.2) is 0 Å². The number of anilines is 1. The monoisotopic (exact) mass is 274 g/mol. The van der Waals surface area contributed by atoms with Crippen molar-refractivity contribution >= 4 is 17.4 Å². The van der Waals surface area contributed by atoms with Crippen LogP contribution in [0.4, 0.5) is 10.5 Å². The van der Waals surface area contributed by atoms with Gasteiger partial charge in [0.25, 0.3) is 0 Å². The molecule has 0 unspecified atom stereocenters. The van der Waals surface area contributed by atoms with Crippen LogP contribution in [0.1, 0.15) is 39.2 Å². The van der Waals surface area contributed by atoms with Crippen LogP contribution < -0.4 is 5.73 Å². The van der Waals surface area contributed by atoms with Gasteiger partial charge in [-0.2, -0.15) is 0 Å². The molecule has 1 aromatic carbocycles. The van der Waals surface area contributed by atoms with Crippen LogP contribution in [0.5, 0.6) is 0 Å². The van der Waals surface area contributed by atoms with Crippen molar-refractivity contribution in [3.8, 4) is 0 Å². The number of hydrogen-bond donors (Lipinski definition) is 1. The molecule has 2 N–H and O–H groups in total. The number of ether oxygens (including phenoxy) is 1. The second-order valence-electron chi connectivity index (χ2n) is 6.05. The molecule has 4 nitrogen and oxygen atoms in total. The Labute approximate surface area is 120 Å². The molecule has 108 valence electrons. The van der Waals surface area contributed by atoms with E-state index in [2.05, 4.69) is 0 Å². The molecule has 0 atom stereocenters. The molecule has 0 spiro atoms. The minimum absolute atomic E-state index is 0.287. The summed E-state index contributed by atoms with van der Waals surface area (Å²) in [4.78, 5) is 13.7. The summed E-state index contributed by atoms with van der Waals surface area (Å²) in [7, 11) is 0. The number of nitrogens with zero attached hydrogens (tertiary/aromatic N) is 1. The second-order valence-corrected chi connectivity index (χ2v) is 6.05. The molecule has 1 heterocycles. The number of benzene rings is 1. The van der Waals surface area contributed by atoms with Gasteiger partial charge in [0.1, 0.15) is 5.60 Å². The Hall–Kier alpha value is -1.97. The number of nitrogens with two attached hydrogens (primary N) is 1. The molecule has 0 aliphatic carbocycles. The Morgan fingerprint density at radius 3 is 2.50 bits per heavy atom. The average Bonchev–Trinajstić information content (AvgIpc) is 2.38. The third-order valence-electron chi connectivity index (χ3n) is 3.07. The van der Waals surface area contributed by atoms with Gasteiger partial charge in [0.05, 0.1) is 0 Å². The number of carbonyl (C=O) groups excluding carboxylic acids is 1. The summed E-state index contributed by atoms with van der Waals surface area (Å²) in [6, 6.07) is 7.73. The summed E-state index contributed by atoms with van der Waals surface area (Å²) < 4.78 is 5.40. The van der Waals surface area contributed by atoms with Crippen LogP contribution in [0.25, 0.3) is 5.57 Å². The lowest BCUT2D eigenvalue weighted by molar-refractivity contribution is 0.0329. The van der Waals surface area contributed by atoms with Crippen molar-refractivity contribution in [2.75, 3.05) is 12.3 Å². The maximum Gasteiger partial charge on any atom is 0.414 e. The predicted molar refractivity (Wildman–Crippen MR) is 81.0 cm³/mol. The van der Waals surface area contributed by atoms with E-state index < -0.39 is 5.60 Å². The van der Waals surface area contributed by atoms with Crippen LogP contribution in [-0.2, 0) is 4.74 Å². The second kappa shape index (κ2) is 5.57. The molecule has 1 aliphatic heterocycles. The molecule has 1 amide bonds. The normalized spacial score (nSPS) is 15.8. The summed E-state index contributed by atoms with van der Waals surface area (Å²) in [6.07, 6.45) is 3.51. The van der Waals surface area contributed by atoms with Crippen molar-refractivity contribution in [3.05, 3.63) is 36.0 Å². The summed E-state index contributed by atoms with van der Waals surface area (Å²) in [5.41, 5.74) is 8.22. The molecule has 0 fully saturated rings.